The van der Waals surface area contributed by atoms with Gasteiger partial charge in [0.1, 0.15) is 5.69 Å². The summed E-state index contributed by atoms with van der Waals surface area (Å²) >= 11 is 4.93. The van der Waals surface area contributed by atoms with Crippen LogP contribution in [0.4, 0.5) is 0 Å². The predicted octanol–water partition coefficient (Wildman–Crippen LogP) is 1.57. The van der Waals surface area contributed by atoms with Gasteiger partial charge in [0.25, 0.3) is 5.91 Å². The van der Waals surface area contributed by atoms with Crippen molar-refractivity contribution in [1.29, 1.82) is 0 Å². The Balaban J connectivity index is 2.77. The zero-order valence-electron chi connectivity index (χ0n) is 10.1. The Labute approximate surface area is 107 Å². The van der Waals surface area contributed by atoms with Crippen molar-refractivity contribution in [2.45, 2.75) is 32.7 Å². The summed E-state index contributed by atoms with van der Waals surface area (Å²) in [6.45, 7) is 3.86. The Morgan fingerprint density at radius 2 is 2.35 bits per heavy atom. The number of pyridine rings is 1. The number of nitrogens with zero attached hydrogens (tertiary/aromatic N) is 1. The van der Waals surface area contributed by atoms with Crippen LogP contribution >= 0.6 is 12.2 Å². The van der Waals surface area contributed by atoms with Crippen LogP contribution in [0.15, 0.2) is 18.3 Å². The monoisotopic (exact) mass is 251 g/mol. The zero-order chi connectivity index (χ0) is 12.8. The first kappa shape index (κ1) is 13.6. The van der Waals surface area contributed by atoms with Crippen LogP contribution in [0.5, 0.6) is 0 Å². The van der Waals surface area contributed by atoms with Gasteiger partial charge in [0.2, 0.25) is 0 Å². The molecule has 1 amide bonds. The fraction of sp³-hybridized carbons (Fsp3) is 0.417. The maximum absolute atomic E-state index is 12.0. The van der Waals surface area contributed by atoms with Crippen LogP contribution in [0.1, 0.15) is 35.8 Å². The van der Waals surface area contributed by atoms with E-state index in [0.29, 0.717) is 10.7 Å². The summed E-state index contributed by atoms with van der Waals surface area (Å²) < 4.78 is 0. The van der Waals surface area contributed by atoms with Gasteiger partial charge in [0, 0.05) is 6.20 Å². The Kier molecular flexibility index (Phi) is 5.03. The van der Waals surface area contributed by atoms with E-state index in [1.54, 1.807) is 12.3 Å². The largest absolute Gasteiger partial charge is 0.392 e. The minimum Gasteiger partial charge on any atom is -0.392 e. The maximum Gasteiger partial charge on any atom is 0.270 e. The first-order valence-electron chi connectivity index (χ1n) is 5.58. The van der Waals surface area contributed by atoms with Gasteiger partial charge >= 0.3 is 0 Å². The normalized spacial score (nSPS) is 11.9. The molecule has 0 aromatic carbocycles. The second-order valence-electron chi connectivity index (χ2n) is 3.89. The van der Waals surface area contributed by atoms with Gasteiger partial charge < -0.3 is 11.1 Å². The summed E-state index contributed by atoms with van der Waals surface area (Å²) in [7, 11) is 0. The third-order valence-electron chi connectivity index (χ3n) is 2.45. The highest BCUT2D eigenvalue weighted by Gasteiger charge is 2.17. The fourth-order valence-electron chi connectivity index (χ4n) is 1.52. The number of thiocarbonyl (C=S) groups is 1. The molecule has 0 fully saturated rings. The lowest BCUT2D eigenvalue weighted by Crippen LogP contribution is -2.43. The third-order valence-corrected chi connectivity index (χ3v) is 2.74. The van der Waals surface area contributed by atoms with Crippen LogP contribution in [-0.2, 0) is 0 Å². The molecule has 1 rings (SSSR count). The number of aryl methyl sites for hydroxylation is 1. The summed E-state index contributed by atoms with van der Waals surface area (Å²) in [5.41, 5.74) is 6.84. The molecule has 0 aliphatic carbocycles. The highest BCUT2D eigenvalue weighted by molar-refractivity contribution is 7.80. The second kappa shape index (κ2) is 6.30. The average molecular weight is 251 g/mol. The molecule has 17 heavy (non-hydrogen) atoms. The zero-order valence-corrected chi connectivity index (χ0v) is 10.9. The van der Waals surface area contributed by atoms with Crippen molar-refractivity contribution in [3.8, 4) is 0 Å². The summed E-state index contributed by atoms with van der Waals surface area (Å²) in [5, 5.41) is 2.81. The van der Waals surface area contributed by atoms with Crippen molar-refractivity contribution in [1.82, 2.24) is 10.3 Å². The lowest BCUT2D eigenvalue weighted by atomic mass is 10.1. The Morgan fingerprint density at radius 3 is 2.88 bits per heavy atom. The van der Waals surface area contributed by atoms with Gasteiger partial charge in [-0.05, 0) is 25.0 Å². The number of hydrogen-bond donors (Lipinski definition) is 2. The van der Waals surface area contributed by atoms with Crippen molar-refractivity contribution in [2.75, 3.05) is 0 Å². The molecule has 1 atom stereocenters. The molecule has 1 heterocycles. The Hall–Kier alpha value is -1.49. The van der Waals surface area contributed by atoms with E-state index in [9.17, 15) is 4.79 Å². The predicted molar refractivity (Wildman–Crippen MR) is 71.9 cm³/mol. The molecule has 0 saturated heterocycles. The van der Waals surface area contributed by atoms with Crippen LogP contribution < -0.4 is 11.1 Å². The summed E-state index contributed by atoms with van der Waals surface area (Å²) in [6.07, 6.45) is 3.24. The van der Waals surface area contributed by atoms with Crippen molar-refractivity contribution in [2.24, 2.45) is 5.73 Å². The number of rotatable bonds is 5. The Morgan fingerprint density at radius 1 is 1.65 bits per heavy atom. The van der Waals surface area contributed by atoms with E-state index in [0.717, 1.165) is 18.4 Å². The second-order valence-corrected chi connectivity index (χ2v) is 4.36. The van der Waals surface area contributed by atoms with E-state index in [1.807, 2.05) is 19.9 Å². The smallest absolute Gasteiger partial charge is 0.270 e. The molecule has 92 valence electrons. The highest BCUT2D eigenvalue weighted by Crippen LogP contribution is 2.05. The van der Waals surface area contributed by atoms with Gasteiger partial charge in [0.15, 0.2) is 0 Å². The van der Waals surface area contributed by atoms with E-state index in [1.165, 1.54) is 0 Å². The Bertz CT molecular complexity index is 420. The average Bonchev–Trinajstić information content (AvgIpc) is 2.28. The van der Waals surface area contributed by atoms with Crippen molar-refractivity contribution < 1.29 is 4.79 Å². The molecule has 0 aliphatic rings. The molecule has 5 heteroatoms. The molecular weight excluding hydrogens is 234 g/mol. The van der Waals surface area contributed by atoms with Gasteiger partial charge in [-0.15, -0.1) is 0 Å². The molecule has 1 aromatic heterocycles. The lowest BCUT2D eigenvalue weighted by Gasteiger charge is -2.16. The first-order valence-corrected chi connectivity index (χ1v) is 5.99. The van der Waals surface area contributed by atoms with Crippen molar-refractivity contribution in [3.63, 3.8) is 0 Å². The van der Waals surface area contributed by atoms with Gasteiger partial charge in [-0.1, -0.05) is 31.6 Å². The van der Waals surface area contributed by atoms with E-state index in [-0.39, 0.29) is 11.9 Å². The van der Waals surface area contributed by atoms with Crippen LogP contribution in [0.2, 0.25) is 0 Å². The topological polar surface area (TPSA) is 68.0 Å². The van der Waals surface area contributed by atoms with Gasteiger partial charge in [-0.3, -0.25) is 9.78 Å². The number of hydrogen-bond acceptors (Lipinski definition) is 3. The molecular formula is C12H17N3OS. The number of amides is 1. The van der Waals surface area contributed by atoms with Crippen molar-refractivity contribution >= 4 is 23.1 Å². The van der Waals surface area contributed by atoms with Gasteiger partial charge in [-0.25, -0.2) is 0 Å². The number of nitrogens with two attached hydrogens (primary N) is 1. The molecule has 1 aromatic rings. The molecule has 3 N–H and O–H groups in total. The first-order chi connectivity index (χ1) is 8.06. The van der Waals surface area contributed by atoms with Crippen LogP contribution in [-0.4, -0.2) is 21.9 Å². The van der Waals surface area contributed by atoms with Crippen LogP contribution in [0.25, 0.3) is 0 Å². The molecule has 1 unspecified atom stereocenters. The molecule has 0 saturated carbocycles. The molecule has 4 nitrogen and oxygen atoms in total. The minimum absolute atomic E-state index is 0.227. The summed E-state index contributed by atoms with van der Waals surface area (Å²) in [4.78, 5) is 16.3. The van der Waals surface area contributed by atoms with Crippen molar-refractivity contribution in [3.05, 3.63) is 29.6 Å². The fourth-order valence-corrected chi connectivity index (χ4v) is 1.70. The highest BCUT2D eigenvalue weighted by atomic mass is 32.1. The van der Waals surface area contributed by atoms with Crippen LogP contribution in [0.3, 0.4) is 0 Å². The number of carbonyl (C=O) groups excluding carboxylic acids is 1. The maximum atomic E-state index is 12.0. The van der Waals surface area contributed by atoms with Crippen LogP contribution in [0, 0.1) is 6.92 Å². The third kappa shape index (κ3) is 3.78. The SMILES string of the molecule is CCCC(NC(=O)c1ncccc1C)C(N)=S. The van der Waals surface area contributed by atoms with E-state index in [2.05, 4.69) is 10.3 Å². The molecule has 0 spiro atoms. The van der Waals surface area contributed by atoms with Gasteiger partial charge in [0.05, 0.1) is 11.0 Å². The number of nitrogens with one attached hydrogen (secondary N) is 1. The lowest BCUT2D eigenvalue weighted by molar-refractivity contribution is 0.0940. The molecule has 0 radical (unpaired) electrons. The van der Waals surface area contributed by atoms with E-state index in [4.69, 9.17) is 18.0 Å². The number of carbonyl (C=O) groups is 1. The molecule has 0 aliphatic heterocycles. The number of aromatic nitrogens is 1. The minimum atomic E-state index is -0.260. The molecule has 0 bridgehead atoms. The quantitative estimate of drug-likeness (QED) is 0.780. The standard InChI is InChI=1S/C12H17N3OS/c1-3-5-9(11(13)17)15-12(16)10-8(2)6-4-7-14-10/h4,6-7,9H,3,5H2,1-2H3,(H2,13,17)(H,15,16). The summed E-state index contributed by atoms with van der Waals surface area (Å²) in [5.74, 6) is -0.227. The van der Waals surface area contributed by atoms with Gasteiger partial charge in [-0.2, -0.15) is 0 Å². The van der Waals surface area contributed by atoms with E-state index < -0.39 is 0 Å². The van der Waals surface area contributed by atoms with E-state index >= 15 is 0 Å². The summed E-state index contributed by atoms with van der Waals surface area (Å²) in [6, 6.07) is 3.38.